The normalized spacial score (nSPS) is 11.0. The molecule has 3 aromatic rings. The largest absolute Gasteiger partial charge is 0.321 e. The number of carbonyl (C=O) groups excluding carboxylic acids is 2. The van der Waals surface area contributed by atoms with Crippen LogP contribution in [0, 0.1) is 27.2 Å². The second-order valence-electron chi connectivity index (χ2n) is 7.20. The highest BCUT2D eigenvalue weighted by Gasteiger charge is 2.20. The summed E-state index contributed by atoms with van der Waals surface area (Å²) in [6.07, 6.45) is 1.25. The summed E-state index contributed by atoms with van der Waals surface area (Å²) in [6, 6.07) is 13.8. The van der Waals surface area contributed by atoms with Gasteiger partial charge in [0.05, 0.1) is 20.4 Å². The SMILES string of the molecule is Cc1cc(NC(=O)/C(=C/c2cccc([N+](=O)[O-])c2)NC(=O)c2cc([N+](=O)[O-])ccc2Cl)ccc1Br. The second kappa shape index (κ2) is 10.9. The molecule has 0 atom stereocenters. The van der Waals surface area contributed by atoms with Gasteiger partial charge < -0.3 is 10.6 Å². The smallest absolute Gasteiger partial charge is 0.272 e. The first-order chi connectivity index (χ1) is 16.5. The van der Waals surface area contributed by atoms with E-state index in [1.165, 1.54) is 36.4 Å². The lowest BCUT2D eigenvalue weighted by atomic mass is 10.1. The molecule has 0 fully saturated rings. The third kappa shape index (κ3) is 6.49. The Bertz CT molecular complexity index is 1390. The van der Waals surface area contributed by atoms with Crippen LogP contribution in [0.25, 0.3) is 6.08 Å². The third-order valence-corrected chi connectivity index (χ3v) is 5.93. The summed E-state index contributed by atoms with van der Waals surface area (Å²) in [5, 5.41) is 27.2. The Morgan fingerprint density at radius 3 is 2.31 bits per heavy atom. The van der Waals surface area contributed by atoms with E-state index >= 15 is 0 Å². The fourth-order valence-corrected chi connectivity index (χ4v) is 3.41. The molecule has 0 saturated heterocycles. The van der Waals surface area contributed by atoms with Gasteiger partial charge in [0.25, 0.3) is 23.2 Å². The molecular formula is C23H16BrClN4O6. The van der Waals surface area contributed by atoms with E-state index in [4.69, 9.17) is 11.6 Å². The number of amides is 2. The minimum absolute atomic E-state index is 0.0632. The van der Waals surface area contributed by atoms with Crippen molar-refractivity contribution in [3.05, 3.63) is 113 Å². The fourth-order valence-electron chi connectivity index (χ4n) is 2.96. The molecular weight excluding hydrogens is 544 g/mol. The Morgan fingerprint density at radius 2 is 1.66 bits per heavy atom. The van der Waals surface area contributed by atoms with Crippen molar-refractivity contribution >= 4 is 62.5 Å². The number of nitrogens with one attached hydrogen (secondary N) is 2. The highest BCUT2D eigenvalue weighted by atomic mass is 79.9. The summed E-state index contributed by atoms with van der Waals surface area (Å²) in [4.78, 5) is 46.9. The lowest BCUT2D eigenvalue weighted by Crippen LogP contribution is -2.31. The Labute approximate surface area is 212 Å². The number of nitrogens with zero attached hydrogens (tertiary/aromatic N) is 2. The predicted molar refractivity (Wildman–Crippen MR) is 134 cm³/mol. The first-order valence-electron chi connectivity index (χ1n) is 9.84. The van der Waals surface area contributed by atoms with Crippen LogP contribution in [0.15, 0.2) is 70.8 Å². The van der Waals surface area contributed by atoms with Crippen molar-refractivity contribution in [2.75, 3.05) is 5.32 Å². The molecule has 0 saturated carbocycles. The maximum Gasteiger partial charge on any atom is 0.272 e. The molecule has 3 aromatic carbocycles. The van der Waals surface area contributed by atoms with Crippen LogP contribution < -0.4 is 10.6 Å². The number of aryl methyl sites for hydroxylation is 1. The molecule has 0 aliphatic carbocycles. The molecule has 178 valence electrons. The summed E-state index contributed by atoms with van der Waals surface area (Å²) in [6.45, 7) is 1.83. The van der Waals surface area contributed by atoms with Crippen LogP contribution in [0.5, 0.6) is 0 Å². The van der Waals surface area contributed by atoms with Gasteiger partial charge >= 0.3 is 0 Å². The van der Waals surface area contributed by atoms with Crippen LogP contribution in [-0.2, 0) is 4.79 Å². The second-order valence-corrected chi connectivity index (χ2v) is 8.47. The first-order valence-corrected chi connectivity index (χ1v) is 11.0. The van der Waals surface area contributed by atoms with Crippen LogP contribution in [0.3, 0.4) is 0 Å². The predicted octanol–water partition coefficient (Wildman–Crippen LogP) is 5.64. The first kappa shape index (κ1) is 25.5. The van der Waals surface area contributed by atoms with Gasteiger partial charge in [0, 0.05) is 34.4 Å². The average Bonchev–Trinajstić information content (AvgIpc) is 2.81. The highest BCUT2D eigenvalue weighted by molar-refractivity contribution is 9.10. The van der Waals surface area contributed by atoms with Crippen LogP contribution in [0.2, 0.25) is 5.02 Å². The number of hydrogen-bond donors (Lipinski definition) is 2. The average molecular weight is 560 g/mol. The van der Waals surface area contributed by atoms with E-state index in [0.717, 1.165) is 22.2 Å². The summed E-state index contributed by atoms with van der Waals surface area (Å²) in [5.74, 6) is -1.61. The minimum Gasteiger partial charge on any atom is -0.321 e. The van der Waals surface area contributed by atoms with Gasteiger partial charge in [-0.1, -0.05) is 39.7 Å². The quantitative estimate of drug-likeness (QED) is 0.218. The van der Waals surface area contributed by atoms with Gasteiger partial charge in [-0.2, -0.15) is 0 Å². The topological polar surface area (TPSA) is 144 Å². The highest BCUT2D eigenvalue weighted by Crippen LogP contribution is 2.24. The molecule has 3 rings (SSSR count). The number of non-ortho nitro benzene ring substituents is 2. The third-order valence-electron chi connectivity index (χ3n) is 4.71. The molecule has 0 heterocycles. The lowest BCUT2D eigenvalue weighted by molar-refractivity contribution is -0.385. The molecule has 10 nitrogen and oxygen atoms in total. The van der Waals surface area contributed by atoms with Gasteiger partial charge in [0.1, 0.15) is 5.70 Å². The Hall–Kier alpha value is -4.09. The van der Waals surface area contributed by atoms with Crippen molar-refractivity contribution < 1.29 is 19.4 Å². The standard InChI is InChI=1S/C23H16BrClN4O6/c1-13-9-15(5-7-19(13)24)26-23(31)21(11-14-3-2-4-16(10-14)28(32)33)27-22(30)18-12-17(29(34)35)6-8-20(18)25/h2-12H,1H3,(H,26,31)(H,27,30)/b21-11-. The number of rotatable bonds is 7. The Balaban J connectivity index is 2.00. The molecule has 0 bridgehead atoms. The lowest BCUT2D eigenvalue weighted by Gasteiger charge is -2.13. The minimum atomic E-state index is -0.877. The van der Waals surface area contributed by atoms with E-state index in [9.17, 15) is 29.8 Å². The summed E-state index contributed by atoms with van der Waals surface area (Å²) < 4.78 is 0.830. The van der Waals surface area contributed by atoms with Gasteiger partial charge in [-0.25, -0.2) is 0 Å². The number of anilines is 1. The van der Waals surface area contributed by atoms with Crippen molar-refractivity contribution in [2.45, 2.75) is 6.92 Å². The summed E-state index contributed by atoms with van der Waals surface area (Å²) >= 11 is 9.43. The number of carbonyl (C=O) groups is 2. The summed E-state index contributed by atoms with van der Waals surface area (Å²) in [5.41, 5.74) is 0.481. The van der Waals surface area contributed by atoms with Crippen LogP contribution in [0.1, 0.15) is 21.5 Å². The zero-order chi connectivity index (χ0) is 25.7. The molecule has 35 heavy (non-hydrogen) atoms. The molecule has 0 aliphatic rings. The van der Waals surface area contributed by atoms with E-state index in [1.807, 2.05) is 6.92 Å². The number of nitro groups is 2. The zero-order valence-corrected chi connectivity index (χ0v) is 20.3. The van der Waals surface area contributed by atoms with Gasteiger partial charge in [-0.05, 0) is 48.4 Å². The number of nitro benzene ring substituents is 2. The summed E-state index contributed by atoms with van der Waals surface area (Å²) in [7, 11) is 0. The van der Waals surface area contributed by atoms with Gasteiger partial charge in [-0.15, -0.1) is 0 Å². The van der Waals surface area contributed by atoms with E-state index < -0.39 is 21.7 Å². The Kier molecular flexibility index (Phi) is 7.94. The molecule has 0 aliphatic heterocycles. The zero-order valence-electron chi connectivity index (χ0n) is 18.0. The molecule has 2 amide bonds. The Morgan fingerprint density at radius 1 is 0.971 bits per heavy atom. The fraction of sp³-hybridized carbons (Fsp3) is 0.0435. The van der Waals surface area contributed by atoms with Crippen LogP contribution in [-0.4, -0.2) is 21.7 Å². The van der Waals surface area contributed by atoms with Gasteiger partial charge in [0.2, 0.25) is 0 Å². The van der Waals surface area contributed by atoms with Crippen LogP contribution >= 0.6 is 27.5 Å². The molecule has 12 heteroatoms. The van der Waals surface area contributed by atoms with E-state index in [1.54, 1.807) is 18.2 Å². The maximum atomic E-state index is 13.1. The van der Waals surface area contributed by atoms with E-state index in [0.29, 0.717) is 5.69 Å². The molecule has 0 spiro atoms. The monoisotopic (exact) mass is 558 g/mol. The van der Waals surface area contributed by atoms with Gasteiger partial charge in [0.15, 0.2) is 0 Å². The number of hydrogen-bond acceptors (Lipinski definition) is 6. The van der Waals surface area contributed by atoms with Crippen LogP contribution in [0.4, 0.5) is 17.1 Å². The molecule has 0 unspecified atom stereocenters. The van der Waals surface area contributed by atoms with Crippen molar-refractivity contribution in [3.63, 3.8) is 0 Å². The van der Waals surface area contributed by atoms with Gasteiger partial charge in [-0.3, -0.25) is 29.8 Å². The maximum absolute atomic E-state index is 13.1. The molecule has 0 aromatic heterocycles. The number of benzene rings is 3. The van der Waals surface area contributed by atoms with E-state index in [-0.39, 0.29) is 33.2 Å². The molecule has 2 N–H and O–H groups in total. The van der Waals surface area contributed by atoms with Crippen molar-refractivity contribution in [3.8, 4) is 0 Å². The molecule has 0 radical (unpaired) electrons. The van der Waals surface area contributed by atoms with E-state index in [2.05, 4.69) is 26.6 Å². The van der Waals surface area contributed by atoms with Crippen molar-refractivity contribution in [2.24, 2.45) is 0 Å². The van der Waals surface area contributed by atoms with Crippen molar-refractivity contribution in [1.82, 2.24) is 5.32 Å². The van der Waals surface area contributed by atoms with Crippen molar-refractivity contribution in [1.29, 1.82) is 0 Å². The number of halogens is 2.